The molecule has 0 aliphatic carbocycles. The highest BCUT2D eigenvalue weighted by Gasteiger charge is 1.91. The van der Waals surface area contributed by atoms with Crippen molar-refractivity contribution in [2.24, 2.45) is 5.11 Å². The molecule has 0 bridgehead atoms. The van der Waals surface area contributed by atoms with E-state index in [2.05, 4.69) is 17.0 Å². The average molecular weight is 161 g/mol. The Labute approximate surface area is 71.6 Å². The molecule has 1 aromatic carbocycles. The second-order valence-corrected chi connectivity index (χ2v) is 2.56. The molecule has 0 aliphatic heterocycles. The van der Waals surface area contributed by atoms with Gasteiger partial charge in [-0.05, 0) is 31.2 Å². The van der Waals surface area contributed by atoms with Crippen molar-refractivity contribution in [1.29, 1.82) is 5.53 Å². The lowest BCUT2D eigenvalue weighted by Gasteiger charge is -2.03. The van der Waals surface area contributed by atoms with Crippen LogP contribution in [0.1, 0.15) is 6.92 Å². The van der Waals surface area contributed by atoms with Crippen molar-refractivity contribution in [3.05, 3.63) is 36.5 Å². The van der Waals surface area contributed by atoms with Crippen molar-refractivity contribution in [3.8, 4) is 0 Å². The fourth-order valence-corrected chi connectivity index (χ4v) is 0.866. The van der Waals surface area contributed by atoms with Crippen LogP contribution in [0.15, 0.2) is 41.7 Å². The van der Waals surface area contributed by atoms with E-state index in [1.807, 2.05) is 19.1 Å². The molecule has 2 N–H and O–H groups in total. The van der Waals surface area contributed by atoms with Gasteiger partial charge in [-0.1, -0.05) is 6.58 Å². The summed E-state index contributed by atoms with van der Waals surface area (Å²) in [5.74, 6) is 0. The Morgan fingerprint density at radius 2 is 2.00 bits per heavy atom. The van der Waals surface area contributed by atoms with Gasteiger partial charge in [0.05, 0.1) is 5.69 Å². The van der Waals surface area contributed by atoms with Gasteiger partial charge in [-0.2, -0.15) is 5.11 Å². The Bertz CT molecular complexity index is 287. The molecule has 3 nitrogen and oxygen atoms in total. The summed E-state index contributed by atoms with van der Waals surface area (Å²) in [4.78, 5) is 0. The fraction of sp³-hybridized carbons (Fsp3) is 0.111. The summed E-state index contributed by atoms with van der Waals surface area (Å²) >= 11 is 0. The maximum absolute atomic E-state index is 6.74. The van der Waals surface area contributed by atoms with Gasteiger partial charge < -0.3 is 5.32 Å². The minimum absolute atomic E-state index is 0.655. The third-order valence-corrected chi connectivity index (χ3v) is 1.35. The van der Waals surface area contributed by atoms with Crippen molar-refractivity contribution in [2.45, 2.75) is 6.92 Å². The van der Waals surface area contributed by atoms with Crippen molar-refractivity contribution in [1.82, 2.24) is 0 Å². The molecule has 0 heterocycles. The Morgan fingerprint density at radius 1 is 1.42 bits per heavy atom. The van der Waals surface area contributed by atoms with Crippen LogP contribution < -0.4 is 5.32 Å². The third kappa shape index (κ3) is 2.20. The molecule has 0 spiro atoms. The number of hydrogen-bond donors (Lipinski definition) is 2. The highest BCUT2D eigenvalue weighted by atomic mass is 15.0. The third-order valence-electron chi connectivity index (χ3n) is 1.35. The summed E-state index contributed by atoms with van der Waals surface area (Å²) in [5, 5.41) is 6.35. The quantitative estimate of drug-likeness (QED) is 0.656. The van der Waals surface area contributed by atoms with E-state index in [0.29, 0.717) is 5.69 Å². The van der Waals surface area contributed by atoms with E-state index >= 15 is 0 Å². The maximum Gasteiger partial charge on any atom is 0.0851 e. The standard InChI is InChI=1S/C9H11N3/c1-7(2)11-8-3-5-9(12-10)6-4-8/h3-6,10-11H,1H2,2H3. The van der Waals surface area contributed by atoms with Gasteiger partial charge in [0.15, 0.2) is 0 Å². The molecule has 0 unspecified atom stereocenters. The van der Waals surface area contributed by atoms with E-state index in [1.165, 1.54) is 0 Å². The van der Waals surface area contributed by atoms with Gasteiger partial charge in [0.25, 0.3) is 0 Å². The van der Waals surface area contributed by atoms with Crippen LogP contribution in [0.25, 0.3) is 0 Å². The smallest absolute Gasteiger partial charge is 0.0851 e. The van der Waals surface area contributed by atoms with Crippen LogP contribution in [0, 0.1) is 5.53 Å². The van der Waals surface area contributed by atoms with Crippen molar-refractivity contribution >= 4 is 11.4 Å². The molecule has 0 fully saturated rings. The average Bonchev–Trinajstić information content (AvgIpc) is 2.05. The molecule has 0 saturated heterocycles. The van der Waals surface area contributed by atoms with Crippen LogP contribution in [0.3, 0.4) is 0 Å². The van der Waals surface area contributed by atoms with Crippen LogP contribution in [0.5, 0.6) is 0 Å². The van der Waals surface area contributed by atoms with E-state index in [1.54, 1.807) is 12.1 Å². The first kappa shape index (κ1) is 8.46. The summed E-state index contributed by atoms with van der Waals surface area (Å²) in [6, 6.07) is 7.28. The second kappa shape index (κ2) is 3.67. The maximum atomic E-state index is 6.74. The zero-order valence-electron chi connectivity index (χ0n) is 6.96. The molecule has 0 radical (unpaired) electrons. The Morgan fingerprint density at radius 3 is 2.42 bits per heavy atom. The van der Waals surface area contributed by atoms with Gasteiger partial charge >= 0.3 is 0 Å². The van der Waals surface area contributed by atoms with Gasteiger partial charge in [-0.25, -0.2) is 5.53 Å². The first-order valence-electron chi connectivity index (χ1n) is 3.62. The molecule has 1 aromatic rings. The number of nitrogens with one attached hydrogen (secondary N) is 2. The first-order chi connectivity index (χ1) is 5.72. The van der Waals surface area contributed by atoms with Crippen molar-refractivity contribution in [3.63, 3.8) is 0 Å². The largest absolute Gasteiger partial charge is 0.360 e. The van der Waals surface area contributed by atoms with Gasteiger partial charge in [-0.15, -0.1) is 0 Å². The second-order valence-electron chi connectivity index (χ2n) is 2.56. The van der Waals surface area contributed by atoms with Crippen LogP contribution in [-0.4, -0.2) is 0 Å². The Hall–Kier alpha value is -1.64. The summed E-state index contributed by atoms with van der Waals surface area (Å²) in [6.45, 7) is 5.61. The molecular formula is C9H11N3. The van der Waals surface area contributed by atoms with Gasteiger partial charge in [0.2, 0.25) is 0 Å². The molecule has 1 rings (SSSR count). The number of rotatable bonds is 3. The topological polar surface area (TPSA) is 48.2 Å². The van der Waals surface area contributed by atoms with Crippen molar-refractivity contribution < 1.29 is 0 Å². The number of allylic oxidation sites excluding steroid dienone is 1. The van der Waals surface area contributed by atoms with Gasteiger partial charge in [0, 0.05) is 11.4 Å². The summed E-state index contributed by atoms with van der Waals surface area (Å²) < 4.78 is 0. The van der Waals surface area contributed by atoms with E-state index in [-0.39, 0.29) is 0 Å². The molecule has 0 aromatic heterocycles. The normalized spacial score (nSPS) is 9.08. The lowest BCUT2D eigenvalue weighted by molar-refractivity contribution is 1.15. The van der Waals surface area contributed by atoms with E-state index in [9.17, 15) is 0 Å². The zero-order valence-corrected chi connectivity index (χ0v) is 6.96. The molecular weight excluding hydrogens is 150 g/mol. The first-order valence-corrected chi connectivity index (χ1v) is 3.62. The molecule has 62 valence electrons. The van der Waals surface area contributed by atoms with Crippen LogP contribution in [-0.2, 0) is 0 Å². The predicted molar refractivity (Wildman–Crippen MR) is 49.7 cm³/mol. The van der Waals surface area contributed by atoms with E-state index in [0.717, 1.165) is 11.4 Å². The molecule has 0 atom stereocenters. The molecule has 0 aliphatic rings. The number of hydrogen-bond acceptors (Lipinski definition) is 3. The van der Waals surface area contributed by atoms with E-state index < -0.39 is 0 Å². The van der Waals surface area contributed by atoms with Crippen molar-refractivity contribution in [2.75, 3.05) is 5.32 Å². The summed E-state index contributed by atoms with van der Waals surface area (Å²) in [5.41, 5.74) is 9.26. The number of nitrogens with zero attached hydrogens (tertiary/aromatic N) is 1. The number of benzene rings is 1. The molecule has 12 heavy (non-hydrogen) atoms. The SMILES string of the molecule is C=C(C)Nc1ccc(N=N)cc1. The minimum atomic E-state index is 0.655. The van der Waals surface area contributed by atoms with Crippen LogP contribution in [0.2, 0.25) is 0 Å². The molecule has 3 heteroatoms. The lowest BCUT2D eigenvalue weighted by Crippen LogP contribution is -1.91. The summed E-state index contributed by atoms with van der Waals surface area (Å²) in [6.07, 6.45) is 0. The Balaban J connectivity index is 2.77. The minimum Gasteiger partial charge on any atom is -0.360 e. The Kier molecular flexibility index (Phi) is 2.58. The highest BCUT2D eigenvalue weighted by molar-refractivity contribution is 5.52. The predicted octanol–water partition coefficient (Wildman–Crippen LogP) is 3.29. The number of anilines is 1. The molecule has 0 saturated carbocycles. The lowest BCUT2D eigenvalue weighted by atomic mass is 10.3. The zero-order chi connectivity index (χ0) is 8.97. The summed E-state index contributed by atoms with van der Waals surface area (Å²) in [7, 11) is 0. The molecule has 0 amide bonds. The van der Waals surface area contributed by atoms with Crippen LogP contribution in [0.4, 0.5) is 11.4 Å². The van der Waals surface area contributed by atoms with E-state index in [4.69, 9.17) is 5.53 Å². The highest BCUT2D eigenvalue weighted by Crippen LogP contribution is 2.16. The fourth-order valence-electron chi connectivity index (χ4n) is 0.866. The van der Waals surface area contributed by atoms with Gasteiger partial charge in [0.1, 0.15) is 0 Å². The monoisotopic (exact) mass is 161 g/mol. The van der Waals surface area contributed by atoms with Gasteiger partial charge in [-0.3, -0.25) is 0 Å². The van der Waals surface area contributed by atoms with Crippen LogP contribution >= 0.6 is 0 Å².